The van der Waals surface area contributed by atoms with Crippen LogP contribution < -0.4 is 9.64 Å². The number of rotatable bonds is 8. The van der Waals surface area contributed by atoms with Crippen LogP contribution in [0.4, 0.5) is 17.1 Å². The van der Waals surface area contributed by atoms with Crippen LogP contribution in [0.1, 0.15) is 0 Å². The summed E-state index contributed by atoms with van der Waals surface area (Å²) in [5, 5.41) is 18.4. The van der Waals surface area contributed by atoms with Crippen molar-refractivity contribution in [3.63, 3.8) is 0 Å². The van der Waals surface area contributed by atoms with Crippen molar-refractivity contribution in [2.24, 2.45) is 0 Å². The molecule has 2 N–H and O–H groups in total. The molecule has 1 unspecified atom stereocenters. The number of hydrogen-bond acceptors (Lipinski definition) is 4. The van der Waals surface area contributed by atoms with Crippen LogP contribution in [0.25, 0.3) is 11.1 Å². The van der Waals surface area contributed by atoms with Crippen molar-refractivity contribution in [3.05, 3.63) is 109 Å². The topological polar surface area (TPSA) is 52.9 Å². The normalized spacial score (nSPS) is 11.7. The van der Waals surface area contributed by atoms with Crippen LogP contribution in [0, 0.1) is 0 Å². The molecule has 0 bridgehead atoms. The molecule has 0 amide bonds. The molecule has 0 aliphatic carbocycles. The van der Waals surface area contributed by atoms with Gasteiger partial charge in [0.2, 0.25) is 0 Å². The van der Waals surface area contributed by atoms with Crippen LogP contribution in [0.15, 0.2) is 109 Å². The smallest absolute Gasteiger partial charge is 0.120 e. The number of hydrogen-bond donors (Lipinski definition) is 2. The molecule has 0 saturated carbocycles. The Morgan fingerprint density at radius 3 is 1.81 bits per heavy atom. The van der Waals surface area contributed by atoms with Gasteiger partial charge in [0.15, 0.2) is 0 Å². The molecule has 156 valence electrons. The fourth-order valence-corrected chi connectivity index (χ4v) is 3.41. The average Bonchev–Trinajstić information content (AvgIpc) is 2.85. The van der Waals surface area contributed by atoms with Gasteiger partial charge < -0.3 is 19.8 Å². The Morgan fingerprint density at radius 1 is 0.645 bits per heavy atom. The van der Waals surface area contributed by atoms with Gasteiger partial charge in [-0.25, -0.2) is 0 Å². The lowest BCUT2D eigenvalue weighted by Crippen LogP contribution is -2.21. The Labute approximate surface area is 182 Å². The number of aliphatic hydroxyl groups is 2. The van der Waals surface area contributed by atoms with Crippen LogP contribution in [-0.4, -0.2) is 29.5 Å². The van der Waals surface area contributed by atoms with Gasteiger partial charge in [-0.3, -0.25) is 0 Å². The molecule has 4 aromatic rings. The molecular formula is C27H25NO3. The summed E-state index contributed by atoms with van der Waals surface area (Å²) in [5.74, 6) is 0.657. The van der Waals surface area contributed by atoms with Crippen molar-refractivity contribution in [1.82, 2.24) is 0 Å². The summed E-state index contributed by atoms with van der Waals surface area (Å²) in [4.78, 5) is 2.22. The number of benzene rings is 4. The van der Waals surface area contributed by atoms with Crippen molar-refractivity contribution in [3.8, 4) is 16.9 Å². The van der Waals surface area contributed by atoms with E-state index in [-0.39, 0.29) is 13.2 Å². The molecule has 0 saturated heterocycles. The molecule has 0 aliphatic heterocycles. The standard InChI is InChI=1S/C27H25NO3/c29-19-26(30)20-31-27-13-7-8-22(18-27)21-14-16-25(17-15-21)28(23-9-3-1-4-10-23)24-11-5-2-6-12-24/h1-18,26,29-30H,19-20H2. The predicted octanol–water partition coefficient (Wildman–Crippen LogP) is 5.56. The molecule has 1 atom stereocenters. The van der Waals surface area contributed by atoms with Crippen molar-refractivity contribution in [1.29, 1.82) is 0 Å². The zero-order valence-corrected chi connectivity index (χ0v) is 17.1. The Morgan fingerprint density at radius 2 is 1.23 bits per heavy atom. The van der Waals surface area contributed by atoms with E-state index in [1.165, 1.54) is 0 Å². The molecule has 4 aromatic carbocycles. The zero-order chi connectivity index (χ0) is 21.5. The number of nitrogens with zero attached hydrogens (tertiary/aromatic N) is 1. The van der Waals surface area contributed by atoms with Crippen LogP contribution in [-0.2, 0) is 0 Å². The fourth-order valence-electron chi connectivity index (χ4n) is 3.41. The lowest BCUT2D eigenvalue weighted by Gasteiger charge is -2.25. The van der Waals surface area contributed by atoms with E-state index in [0.29, 0.717) is 5.75 Å². The first kappa shape index (κ1) is 20.7. The maximum atomic E-state index is 9.50. The SMILES string of the molecule is OCC(O)COc1cccc(-c2ccc(N(c3ccccc3)c3ccccc3)cc2)c1. The van der Waals surface area contributed by atoms with E-state index in [4.69, 9.17) is 9.84 Å². The Balaban J connectivity index is 1.61. The summed E-state index contributed by atoms with van der Waals surface area (Å²) in [7, 11) is 0. The largest absolute Gasteiger partial charge is 0.491 e. The second-order valence-electron chi connectivity index (χ2n) is 7.23. The third-order valence-electron chi connectivity index (χ3n) is 4.97. The first-order valence-electron chi connectivity index (χ1n) is 10.3. The van der Waals surface area contributed by atoms with Gasteiger partial charge >= 0.3 is 0 Å². The summed E-state index contributed by atoms with van der Waals surface area (Å²) in [6.07, 6.45) is -0.884. The molecular weight excluding hydrogens is 386 g/mol. The maximum absolute atomic E-state index is 9.50. The second-order valence-corrected chi connectivity index (χ2v) is 7.23. The first-order chi connectivity index (χ1) is 15.2. The Kier molecular flexibility index (Phi) is 6.62. The minimum absolute atomic E-state index is 0.0575. The Bertz CT molecular complexity index is 1040. The van der Waals surface area contributed by atoms with Crippen LogP contribution in [0.5, 0.6) is 5.75 Å². The first-order valence-corrected chi connectivity index (χ1v) is 10.3. The van der Waals surface area contributed by atoms with Crippen LogP contribution in [0.3, 0.4) is 0 Å². The Hall–Kier alpha value is -3.60. The van der Waals surface area contributed by atoms with Gasteiger partial charge in [0, 0.05) is 17.1 Å². The molecule has 0 spiro atoms. The van der Waals surface area contributed by atoms with Gasteiger partial charge in [-0.2, -0.15) is 0 Å². The molecule has 0 aliphatic rings. The van der Waals surface area contributed by atoms with E-state index in [0.717, 1.165) is 28.2 Å². The fraction of sp³-hybridized carbons (Fsp3) is 0.111. The summed E-state index contributed by atoms with van der Waals surface area (Å²) >= 11 is 0. The van der Waals surface area contributed by atoms with Crippen molar-refractivity contribution < 1.29 is 14.9 Å². The summed E-state index contributed by atoms with van der Waals surface area (Å²) in [5.41, 5.74) is 5.35. The molecule has 0 radical (unpaired) electrons. The van der Waals surface area contributed by atoms with Gasteiger partial charge in [0.05, 0.1) is 6.61 Å². The molecule has 0 fully saturated rings. The molecule has 4 rings (SSSR count). The van der Waals surface area contributed by atoms with Gasteiger partial charge in [-0.05, 0) is 59.7 Å². The zero-order valence-electron chi connectivity index (χ0n) is 17.1. The van der Waals surface area contributed by atoms with Gasteiger partial charge in [-0.1, -0.05) is 60.7 Å². The number of aliphatic hydroxyl groups excluding tert-OH is 2. The van der Waals surface area contributed by atoms with Gasteiger partial charge in [0.1, 0.15) is 18.5 Å². The lowest BCUT2D eigenvalue weighted by molar-refractivity contribution is 0.0536. The van der Waals surface area contributed by atoms with Gasteiger partial charge in [-0.15, -0.1) is 0 Å². The molecule has 0 heterocycles. The highest BCUT2D eigenvalue weighted by Crippen LogP contribution is 2.35. The molecule has 4 heteroatoms. The second kappa shape index (κ2) is 9.94. The van der Waals surface area contributed by atoms with E-state index in [1.807, 2.05) is 60.7 Å². The van der Waals surface area contributed by atoms with E-state index in [1.54, 1.807) is 0 Å². The third-order valence-corrected chi connectivity index (χ3v) is 4.97. The highest BCUT2D eigenvalue weighted by molar-refractivity contribution is 5.78. The third kappa shape index (κ3) is 5.12. The molecule has 4 nitrogen and oxygen atoms in total. The number of ether oxygens (including phenoxy) is 1. The lowest BCUT2D eigenvalue weighted by atomic mass is 10.0. The van der Waals surface area contributed by atoms with Crippen LogP contribution in [0.2, 0.25) is 0 Å². The number of anilines is 3. The van der Waals surface area contributed by atoms with Crippen LogP contribution >= 0.6 is 0 Å². The van der Waals surface area contributed by atoms with Crippen molar-refractivity contribution in [2.45, 2.75) is 6.10 Å². The highest BCUT2D eigenvalue weighted by Gasteiger charge is 2.12. The monoisotopic (exact) mass is 411 g/mol. The van der Waals surface area contributed by atoms with E-state index in [9.17, 15) is 5.11 Å². The average molecular weight is 412 g/mol. The molecule has 31 heavy (non-hydrogen) atoms. The van der Waals surface area contributed by atoms with E-state index in [2.05, 4.69) is 53.4 Å². The summed E-state index contributed by atoms with van der Waals surface area (Å²) in [6, 6.07) is 36.7. The van der Waals surface area contributed by atoms with E-state index >= 15 is 0 Å². The highest BCUT2D eigenvalue weighted by atomic mass is 16.5. The molecule has 0 aromatic heterocycles. The quantitative estimate of drug-likeness (QED) is 0.399. The van der Waals surface area contributed by atoms with Crippen molar-refractivity contribution in [2.75, 3.05) is 18.1 Å². The summed E-state index contributed by atoms with van der Waals surface area (Å²) < 4.78 is 5.58. The van der Waals surface area contributed by atoms with Crippen molar-refractivity contribution >= 4 is 17.1 Å². The minimum atomic E-state index is -0.884. The maximum Gasteiger partial charge on any atom is 0.120 e. The minimum Gasteiger partial charge on any atom is -0.491 e. The summed E-state index contributed by atoms with van der Waals surface area (Å²) in [6.45, 7) is -0.261. The van der Waals surface area contributed by atoms with E-state index < -0.39 is 6.10 Å². The number of para-hydroxylation sites is 2. The predicted molar refractivity (Wildman–Crippen MR) is 125 cm³/mol. The van der Waals surface area contributed by atoms with Gasteiger partial charge in [0.25, 0.3) is 0 Å².